The first kappa shape index (κ1) is 10.5. The van der Waals surface area contributed by atoms with Crippen molar-refractivity contribution >= 4 is 5.78 Å². The number of carbonyl (C=O) groups is 1. The van der Waals surface area contributed by atoms with Gasteiger partial charge in [0.25, 0.3) is 0 Å². The summed E-state index contributed by atoms with van der Waals surface area (Å²) in [6, 6.07) is 0. The summed E-state index contributed by atoms with van der Waals surface area (Å²) in [7, 11) is 0. The Morgan fingerprint density at radius 1 is 1.31 bits per heavy atom. The Labute approximate surface area is 95.2 Å². The minimum atomic E-state index is -0.503. The number of allylic oxidation sites excluding steroid dienone is 1. The van der Waals surface area contributed by atoms with Gasteiger partial charge in [0.2, 0.25) is 0 Å². The molecule has 0 heterocycles. The van der Waals surface area contributed by atoms with Crippen molar-refractivity contribution in [3.05, 3.63) is 11.6 Å². The van der Waals surface area contributed by atoms with E-state index >= 15 is 0 Å². The fourth-order valence-corrected chi connectivity index (χ4v) is 4.20. The van der Waals surface area contributed by atoms with Crippen LogP contribution in [0.25, 0.3) is 0 Å². The molecule has 0 aliphatic heterocycles. The summed E-state index contributed by atoms with van der Waals surface area (Å²) in [6.07, 6.45) is 3.56. The summed E-state index contributed by atoms with van der Waals surface area (Å²) in [6.45, 7) is 2.14. The van der Waals surface area contributed by atoms with Gasteiger partial charge in [0.1, 0.15) is 0 Å². The molecule has 3 aliphatic carbocycles. The van der Waals surface area contributed by atoms with Gasteiger partial charge in [-0.2, -0.15) is 0 Å². The van der Waals surface area contributed by atoms with Crippen LogP contribution in [0.1, 0.15) is 32.6 Å². The molecule has 16 heavy (non-hydrogen) atoms. The van der Waals surface area contributed by atoms with Gasteiger partial charge in [-0.3, -0.25) is 4.79 Å². The molecule has 0 amide bonds. The van der Waals surface area contributed by atoms with Crippen LogP contribution in [0.3, 0.4) is 0 Å². The summed E-state index contributed by atoms with van der Waals surface area (Å²) >= 11 is 0. The van der Waals surface area contributed by atoms with Crippen molar-refractivity contribution in [2.75, 3.05) is 0 Å². The predicted molar refractivity (Wildman–Crippen MR) is 58.7 cm³/mol. The van der Waals surface area contributed by atoms with Crippen molar-refractivity contribution in [2.24, 2.45) is 17.3 Å². The zero-order valence-electron chi connectivity index (χ0n) is 9.52. The van der Waals surface area contributed by atoms with Crippen LogP contribution < -0.4 is 0 Å². The molecule has 2 fully saturated rings. The van der Waals surface area contributed by atoms with Crippen LogP contribution in [-0.4, -0.2) is 28.2 Å². The van der Waals surface area contributed by atoms with Gasteiger partial charge < -0.3 is 10.2 Å². The Hall–Kier alpha value is -0.670. The standard InChI is InChI=1S/C13H18O3/c1-7-2-8-4-11(15)10-5-9(14)6-13(8,10)12(16)3-7/h5,7-8,11-12,15-16H,2-4,6H2,1H3/t7?,8-,11?,12?,13-/m0/s1. The molecule has 88 valence electrons. The van der Waals surface area contributed by atoms with Gasteiger partial charge in [-0.15, -0.1) is 0 Å². The van der Waals surface area contributed by atoms with Crippen molar-refractivity contribution in [1.82, 2.24) is 0 Å². The quantitative estimate of drug-likeness (QED) is 0.644. The van der Waals surface area contributed by atoms with Crippen molar-refractivity contribution in [3.63, 3.8) is 0 Å². The fraction of sp³-hybridized carbons (Fsp3) is 0.769. The lowest BCUT2D eigenvalue weighted by atomic mass is 9.62. The number of hydrogen-bond donors (Lipinski definition) is 2. The minimum Gasteiger partial charge on any atom is -0.392 e. The maximum Gasteiger partial charge on any atom is 0.156 e. The second kappa shape index (κ2) is 3.17. The summed E-state index contributed by atoms with van der Waals surface area (Å²) in [5.41, 5.74) is 0.421. The smallest absolute Gasteiger partial charge is 0.156 e. The lowest BCUT2D eigenvalue weighted by molar-refractivity contribution is -0.119. The third-order valence-corrected chi connectivity index (χ3v) is 4.82. The molecule has 3 aliphatic rings. The number of carbonyl (C=O) groups excluding carboxylic acids is 1. The van der Waals surface area contributed by atoms with Gasteiger partial charge in [0.15, 0.2) is 5.78 Å². The average Bonchev–Trinajstić information content (AvgIpc) is 2.63. The Morgan fingerprint density at radius 3 is 2.81 bits per heavy atom. The lowest BCUT2D eigenvalue weighted by Crippen LogP contribution is -2.44. The van der Waals surface area contributed by atoms with E-state index in [-0.39, 0.29) is 5.78 Å². The zero-order chi connectivity index (χ0) is 11.5. The van der Waals surface area contributed by atoms with Crippen molar-refractivity contribution in [2.45, 2.75) is 44.8 Å². The molecule has 0 saturated heterocycles. The zero-order valence-corrected chi connectivity index (χ0v) is 9.52. The normalized spacial score (nSPS) is 51.2. The van der Waals surface area contributed by atoms with Crippen LogP contribution in [0.2, 0.25) is 0 Å². The molecule has 2 N–H and O–H groups in total. The summed E-state index contributed by atoms with van der Waals surface area (Å²) in [5.74, 6) is 0.860. The van der Waals surface area contributed by atoms with E-state index < -0.39 is 17.6 Å². The van der Waals surface area contributed by atoms with E-state index in [1.54, 1.807) is 6.08 Å². The van der Waals surface area contributed by atoms with E-state index in [1.807, 2.05) is 0 Å². The molecule has 0 aromatic rings. The highest BCUT2D eigenvalue weighted by Gasteiger charge is 2.60. The number of hydrogen-bond acceptors (Lipinski definition) is 3. The second-order valence-electron chi connectivity index (χ2n) is 5.82. The molecule has 2 saturated carbocycles. The SMILES string of the molecule is CC1CC(O)[C@]23CC(=O)C=C2C(O)C[C@@H]3C1. The van der Waals surface area contributed by atoms with Gasteiger partial charge in [0, 0.05) is 11.8 Å². The molecule has 3 rings (SSSR count). The summed E-state index contributed by atoms with van der Waals surface area (Å²) in [5, 5.41) is 20.4. The van der Waals surface area contributed by atoms with Crippen LogP contribution in [0, 0.1) is 17.3 Å². The largest absolute Gasteiger partial charge is 0.392 e. The van der Waals surface area contributed by atoms with Crippen LogP contribution in [0.5, 0.6) is 0 Å². The molecule has 0 aromatic heterocycles. The fourth-order valence-electron chi connectivity index (χ4n) is 4.20. The molecule has 0 radical (unpaired) electrons. The highest BCUT2D eigenvalue weighted by Crippen LogP contribution is 2.60. The molecule has 0 aromatic carbocycles. The number of aliphatic hydroxyl groups is 2. The highest BCUT2D eigenvalue weighted by atomic mass is 16.3. The van der Waals surface area contributed by atoms with Crippen LogP contribution in [-0.2, 0) is 4.79 Å². The Bertz CT molecular complexity index is 373. The van der Waals surface area contributed by atoms with Gasteiger partial charge in [-0.1, -0.05) is 6.92 Å². The van der Waals surface area contributed by atoms with E-state index in [1.165, 1.54) is 0 Å². The molecule has 3 heteroatoms. The Morgan fingerprint density at radius 2 is 2.06 bits per heavy atom. The Balaban J connectivity index is 2.05. The summed E-state index contributed by atoms with van der Waals surface area (Å²) in [4.78, 5) is 11.6. The lowest BCUT2D eigenvalue weighted by Gasteiger charge is -2.44. The monoisotopic (exact) mass is 222 g/mol. The molecule has 0 bridgehead atoms. The first-order valence-electron chi connectivity index (χ1n) is 6.15. The minimum absolute atomic E-state index is 0.0763. The maximum atomic E-state index is 11.6. The Kier molecular flexibility index (Phi) is 2.08. The molecule has 5 atom stereocenters. The van der Waals surface area contributed by atoms with Gasteiger partial charge >= 0.3 is 0 Å². The molecule has 3 nitrogen and oxygen atoms in total. The van der Waals surface area contributed by atoms with E-state index in [4.69, 9.17) is 0 Å². The van der Waals surface area contributed by atoms with Gasteiger partial charge in [-0.05, 0) is 42.7 Å². The highest BCUT2D eigenvalue weighted by molar-refractivity contribution is 5.95. The predicted octanol–water partition coefficient (Wildman–Crippen LogP) is 1.04. The van der Waals surface area contributed by atoms with Gasteiger partial charge in [-0.25, -0.2) is 0 Å². The number of aliphatic hydroxyl groups excluding tert-OH is 2. The number of ketones is 1. The van der Waals surface area contributed by atoms with Crippen molar-refractivity contribution in [3.8, 4) is 0 Å². The van der Waals surface area contributed by atoms with Crippen molar-refractivity contribution in [1.29, 1.82) is 0 Å². The van der Waals surface area contributed by atoms with E-state index in [9.17, 15) is 15.0 Å². The molecule has 1 spiro atoms. The van der Waals surface area contributed by atoms with Gasteiger partial charge in [0.05, 0.1) is 12.2 Å². The first-order valence-corrected chi connectivity index (χ1v) is 6.15. The average molecular weight is 222 g/mol. The topological polar surface area (TPSA) is 57.5 Å². The van der Waals surface area contributed by atoms with Crippen LogP contribution in [0.4, 0.5) is 0 Å². The molecular weight excluding hydrogens is 204 g/mol. The summed E-state index contributed by atoms with van der Waals surface area (Å²) < 4.78 is 0. The second-order valence-corrected chi connectivity index (χ2v) is 5.82. The first-order chi connectivity index (χ1) is 7.54. The van der Waals surface area contributed by atoms with E-state index in [2.05, 4.69) is 6.92 Å². The molecular formula is C13H18O3. The maximum absolute atomic E-state index is 11.6. The number of rotatable bonds is 0. The third-order valence-electron chi connectivity index (χ3n) is 4.82. The van der Waals surface area contributed by atoms with Crippen molar-refractivity contribution < 1.29 is 15.0 Å². The third kappa shape index (κ3) is 1.13. The van der Waals surface area contributed by atoms with Crippen LogP contribution >= 0.6 is 0 Å². The molecule has 3 unspecified atom stereocenters. The van der Waals surface area contributed by atoms with Crippen LogP contribution in [0.15, 0.2) is 11.6 Å². The van der Waals surface area contributed by atoms with E-state index in [0.717, 1.165) is 24.8 Å². The van der Waals surface area contributed by atoms with E-state index in [0.29, 0.717) is 18.3 Å².